The van der Waals surface area contributed by atoms with Gasteiger partial charge in [0.2, 0.25) is 10.0 Å². The highest BCUT2D eigenvalue weighted by atomic mass is 32.2. The van der Waals surface area contributed by atoms with E-state index in [-0.39, 0.29) is 23.4 Å². The molecule has 3 N–H and O–H groups in total. The Kier molecular flexibility index (Phi) is 11.8. The normalized spacial score (nSPS) is 17.3. The van der Waals surface area contributed by atoms with Crippen molar-refractivity contribution in [2.24, 2.45) is 5.92 Å². The van der Waals surface area contributed by atoms with Gasteiger partial charge in [-0.15, -0.1) is 11.8 Å². The summed E-state index contributed by atoms with van der Waals surface area (Å²) in [6.45, 7) is 6.45. The maximum atomic E-state index is 13.2. The molecule has 0 bridgehead atoms. The number of carboxylic acid groups (broad SMARTS) is 1. The Balaban J connectivity index is 1.89. The average Bonchev–Trinajstić information content (AvgIpc) is 3.30. The van der Waals surface area contributed by atoms with Crippen LogP contribution in [0.3, 0.4) is 0 Å². The van der Waals surface area contributed by atoms with Gasteiger partial charge in [-0.25, -0.2) is 8.42 Å². The number of sulfonamides is 1. The topological polar surface area (TPSA) is 107 Å². The average molecular weight is 527 g/mol. The molecule has 0 amide bonds. The van der Waals surface area contributed by atoms with E-state index in [0.717, 1.165) is 24.8 Å². The number of aliphatic carboxylic acids is 1. The minimum absolute atomic E-state index is 0.000970. The maximum Gasteiger partial charge on any atom is 0.303 e. The third-order valence-electron chi connectivity index (χ3n) is 6.47. The molecule has 2 atom stereocenters. The molecule has 0 fully saturated rings. The number of nitrogens with one attached hydrogen (secondary N) is 1. The number of carbonyl (C=O) groups is 1. The lowest BCUT2D eigenvalue weighted by molar-refractivity contribution is -0.137. The van der Waals surface area contributed by atoms with Crippen molar-refractivity contribution in [1.29, 1.82) is 0 Å². The second-order valence-corrected chi connectivity index (χ2v) is 13.0. The zero-order chi connectivity index (χ0) is 26.1. The van der Waals surface area contributed by atoms with Gasteiger partial charge in [-0.3, -0.25) is 4.79 Å². The van der Waals surface area contributed by atoms with Gasteiger partial charge in [-0.2, -0.15) is 4.31 Å². The fraction of sp³-hybridized carbons (Fsp3) is 0.654. The summed E-state index contributed by atoms with van der Waals surface area (Å²) in [7, 11) is -2.26. The van der Waals surface area contributed by atoms with Gasteiger partial charge in [0.1, 0.15) is 0 Å². The summed E-state index contributed by atoms with van der Waals surface area (Å²) >= 11 is 1.86. The van der Waals surface area contributed by atoms with Gasteiger partial charge >= 0.3 is 5.97 Å². The molecule has 0 radical (unpaired) electrons. The molecule has 1 aromatic rings. The standard InChI is InChI=1S/C26H42N2O5S2/c1-5-22-16-20(8-6-10-25(30)31)11-12-24(22)35(32,33)28(4)18-23(29)17-27-26(2,3)14-7-9-21-13-15-34-19-21/h11-13,15-16,21,23,27,29H,5-10,14,17-19H2,1-4H3,(H,30,31)/t21?,23-/m1/s1. The van der Waals surface area contributed by atoms with Crippen LogP contribution in [0.25, 0.3) is 0 Å². The maximum absolute atomic E-state index is 13.2. The minimum Gasteiger partial charge on any atom is -0.481 e. The number of thioether (sulfide) groups is 1. The third-order valence-corrected chi connectivity index (χ3v) is 9.36. The summed E-state index contributed by atoms with van der Waals surface area (Å²) in [4.78, 5) is 11.0. The Morgan fingerprint density at radius 1 is 1.31 bits per heavy atom. The Labute approximate surface area is 215 Å². The molecule has 2 rings (SSSR count). The lowest BCUT2D eigenvalue weighted by Crippen LogP contribution is -2.46. The SMILES string of the molecule is CCc1cc(CCCC(=O)O)ccc1S(=O)(=O)N(C)C[C@H](O)CNC(C)(C)CCCC1C=CSC1. The quantitative estimate of drug-likeness (QED) is 0.298. The van der Waals surface area contributed by atoms with Gasteiger partial charge < -0.3 is 15.5 Å². The van der Waals surface area contributed by atoms with Crippen molar-refractivity contribution >= 4 is 27.8 Å². The van der Waals surface area contributed by atoms with E-state index in [1.54, 1.807) is 12.1 Å². The number of allylic oxidation sites excluding steroid dienone is 1. The largest absolute Gasteiger partial charge is 0.481 e. The van der Waals surface area contributed by atoms with Crippen LogP contribution in [0.1, 0.15) is 64.0 Å². The first-order valence-electron chi connectivity index (χ1n) is 12.5. The molecule has 0 aromatic heterocycles. The molecule has 0 aliphatic carbocycles. The first-order valence-corrected chi connectivity index (χ1v) is 14.9. The number of rotatable bonds is 16. The fourth-order valence-electron chi connectivity index (χ4n) is 4.26. The second kappa shape index (κ2) is 13.8. The van der Waals surface area contributed by atoms with Crippen LogP contribution >= 0.6 is 11.8 Å². The Morgan fingerprint density at radius 3 is 2.69 bits per heavy atom. The molecule has 0 spiro atoms. The number of hydrogen-bond donors (Lipinski definition) is 3. The van der Waals surface area contributed by atoms with Crippen LogP contribution in [0.2, 0.25) is 0 Å². The monoisotopic (exact) mass is 526 g/mol. The van der Waals surface area contributed by atoms with E-state index < -0.39 is 22.1 Å². The number of β-amino-alcohol motifs (C(OH)–C–C–N with tert-alkyl or cyclic N) is 1. The zero-order valence-corrected chi connectivity index (χ0v) is 23.1. The van der Waals surface area contributed by atoms with Crippen molar-refractivity contribution in [3.05, 3.63) is 40.8 Å². The minimum atomic E-state index is -3.76. The van der Waals surface area contributed by atoms with Crippen molar-refractivity contribution in [1.82, 2.24) is 9.62 Å². The van der Waals surface area contributed by atoms with Gasteiger partial charge in [-0.05, 0) is 74.5 Å². The molecule has 9 heteroatoms. The number of likely N-dealkylation sites (N-methyl/N-ethyl adjacent to an activating group) is 1. The first kappa shape index (κ1) is 29.8. The summed E-state index contributed by atoms with van der Waals surface area (Å²) in [5.74, 6) is 0.992. The van der Waals surface area contributed by atoms with E-state index >= 15 is 0 Å². The molecule has 198 valence electrons. The lowest BCUT2D eigenvalue weighted by atomic mass is 9.94. The van der Waals surface area contributed by atoms with Gasteiger partial charge in [0.05, 0.1) is 11.0 Å². The van der Waals surface area contributed by atoms with E-state index in [9.17, 15) is 18.3 Å². The molecule has 1 aromatic carbocycles. The smallest absolute Gasteiger partial charge is 0.303 e. The predicted octanol–water partition coefficient (Wildman–Crippen LogP) is 4.05. The molecule has 0 saturated carbocycles. The Morgan fingerprint density at radius 2 is 2.06 bits per heavy atom. The highest BCUT2D eigenvalue weighted by molar-refractivity contribution is 8.02. The summed E-state index contributed by atoms with van der Waals surface area (Å²) < 4.78 is 27.7. The van der Waals surface area contributed by atoms with E-state index in [0.29, 0.717) is 37.3 Å². The van der Waals surface area contributed by atoms with Gasteiger partial charge in [0.15, 0.2) is 0 Å². The summed E-state index contributed by atoms with van der Waals surface area (Å²) in [5.41, 5.74) is 1.49. The molecular formula is C26H42N2O5S2. The molecule has 1 aliphatic heterocycles. The number of carboxylic acids is 1. The molecule has 1 aliphatic rings. The predicted molar refractivity (Wildman–Crippen MR) is 143 cm³/mol. The summed E-state index contributed by atoms with van der Waals surface area (Å²) in [6.07, 6.45) is 6.44. The van der Waals surface area contributed by atoms with Crippen molar-refractivity contribution in [3.63, 3.8) is 0 Å². The Bertz CT molecular complexity index is 962. The molecular weight excluding hydrogens is 484 g/mol. The summed E-state index contributed by atoms with van der Waals surface area (Å²) in [6, 6.07) is 5.21. The number of hydrogen-bond acceptors (Lipinski definition) is 6. The van der Waals surface area contributed by atoms with Crippen LogP contribution < -0.4 is 5.32 Å². The van der Waals surface area contributed by atoms with Crippen molar-refractivity contribution in [3.8, 4) is 0 Å². The number of aliphatic hydroxyl groups is 1. The summed E-state index contributed by atoms with van der Waals surface area (Å²) in [5, 5.41) is 25.0. The number of aryl methyl sites for hydroxylation is 2. The van der Waals surface area contributed by atoms with E-state index in [1.165, 1.54) is 17.1 Å². The Hall–Kier alpha value is -1.39. The van der Waals surface area contributed by atoms with Crippen LogP contribution in [0.15, 0.2) is 34.6 Å². The number of nitrogens with zero attached hydrogens (tertiary/aromatic N) is 1. The molecule has 1 unspecified atom stereocenters. The highest BCUT2D eigenvalue weighted by Crippen LogP contribution is 2.26. The van der Waals surface area contributed by atoms with Crippen LogP contribution in [0.4, 0.5) is 0 Å². The zero-order valence-electron chi connectivity index (χ0n) is 21.5. The van der Waals surface area contributed by atoms with Crippen LogP contribution in [0, 0.1) is 5.92 Å². The highest BCUT2D eigenvalue weighted by Gasteiger charge is 2.26. The van der Waals surface area contributed by atoms with Crippen LogP contribution in [0.5, 0.6) is 0 Å². The second-order valence-electron chi connectivity index (χ2n) is 10.1. The van der Waals surface area contributed by atoms with Crippen molar-refractivity contribution < 1.29 is 23.4 Å². The van der Waals surface area contributed by atoms with Crippen molar-refractivity contribution in [2.45, 2.75) is 82.3 Å². The molecule has 0 saturated heterocycles. The van der Waals surface area contributed by atoms with E-state index in [1.807, 2.05) is 24.8 Å². The number of benzene rings is 1. The molecule has 7 nitrogen and oxygen atoms in total. The van der Waals surface area contributed by atoms with Gasteiger partial charge in [0.25, 0.3) is 0 Å². The molecule has 1 heterocycles. The van der Waals surface area contributed by atoms with Crippen LogP contribution in [-0.4, -0.2) is 66.4 Å². The van der Waals surface area contributed by atoms with E-state index in [4.69, 9.17) is 5.11 Å². The third kappa shape index (κ3) is 9.88. The first-order chi connectivity index (χ1) is 16.4. The van der Waals surface area contributed by atoms with E-state index in [2.05, 4.69) is 30.6 Å². The van der Waals surface area contributed by atoms with Gasteiger partial charge in [-0.1, -0.05) is 31.6 Å². The molecule has 35 heavy (non-hydrogen) atoms. The van der Waals surface area contributed by atoms with Crippen molar-refractivity contribution in [2.75, 3.05) is 25.9 Å². The lowest BCUT2D eigenvalue weighted by Gasteiger charge is -2.29. The van der Waals surface area contributed by atoms with Gasteiger partial charge in [0, 0.05) is 37.8 Å². The fourth-order valence-corrected chi connectivity index (χ4v) is 6.71. The number of aliphatic hydroxyl groups excluding tert-OH is 1. The van der Waals surface area contributed by atoms with Crippen LogP contribution in [-0.2, 0) is 27.7 Å².